The van der Waals surface area contributed by atoms with Crippen LogP contribution in [0.2, 0.25) is 0 Å². The number of fused-ring (bicyclic) bond motifs is 1. The van der Waals surface area contributed by atoms with E-state index in [-0.39, 0.29) is 18.2 Å². The summed E-state index contributed by atoms with van der Waals surface area (Å²) in [5.74, 6) is 0. The van der Waals surface area contributed by atoms with Crippen molar-refractivity contribution in [3.63, 3.8) is 0 Å². The summed E-state index contributed by atoms with van der Waals surface area (Å²) < 4.78 is 5.03. The van der Waals surface area contributed by atoms with Crippen LogP contribution in [0.1, 0.15) is 44.2 Å². The van der Waals surface area contributed by atoms with Crippen molar-refractivity contribution in [2.45, 2.75) is 52.2 Å². The van der Waals surface area contributed by atoms with Gasteiger partial charge in [0.25, 0.3) is 0 Å². The number of nitrogens with zero attached hydrogens (tertiary/aromatic N) is 2. The van der Waals surface area contributed by atoms with Gasteiger partial charge in [-0.15, -0.1) is 0 Å². The van der Waals surface area contributed by atoms with E-state index in [2.05, 4.69) is 28.5 Å². The first kappa shape index (κ1) is 19.5. The highest BCUT2D eigenvalue weighted by atomic mass is 16.6. The molecule has 27 heavy (non-hydrogen) atoms. The van der Waals surface area contributed by atoms with E-state index in [0.29, 0.717) is 19.7 Å². The minimum atomic E-state index is -0.267. The molecule has 2 N–H and O–H groups in total. The normalized spacial score (nSPS) is 17.5. The van der Waals surface area contributed by atoms with Crippen LogP contribution in [-0.4, -0.2) is 54.2 Å². The number of carbonyl (C=O) groups excluding carboxylic acids is 2. The molecular weight excluding hydrogens is 344 g/mol. The molecule has 2 aliphatic heterocycles. The van der Waals surface area contributed by atoms with Gasteiger partial charge < -0.3 is 20.3 Å². The van der Waals surface area contributed by atoms with Gasteiger partial charge in [0.05, 0.1) is 6.61 Å². The lowest BCUT2D eigenvalue weighted by molar-refractivity contribution is 0.0959. The summed E-state index contributed by atoms with van der Waals surface area (Å²) in [6, 6.07) is 6.01. The average molecular weight is 374 g/mol. The lowest BCUT2D eigenvalue weighted by atomic mass is 10.1. The van der Waals surface area contributed by atoms with Gasteiger partial charge in [0.2, 0.25) is 0 Å². The highest BCUT2D eigenvalue weighted by Crippen LogP contribution is 2.29. The zero-order valence-electron chi connectivity index (χ0n) is 16.3. The lowest BCUT2D eigenvalue weighted by Crippen LogP contribution is -2.47. The van der Waals surface area contributed by atoms with Crippen molar-refractivity contribution in [2.24, 2.45) is 0 Å². The molecule has 3 amide bonds. The van der Waals surface area contributed by atoms with Gasteiger partial charge in [0.1, 0.15) is 0 Å². The summed E-state index contributed by atoms with van der Waals surface area (Å²) >= 11 is 0. The second kappa shape index (κ2) is 9.08. The van der Waals surface area contributed by atoms with Crippen molar-refractivity contribution in [3.8, 4) is 0 Å². The predicted molar refractivity (Wildman–Crippen MR) is 105 cm³/mol. The van der Waals surface area contributed by atoms with Crippen molar-refractivity contribution < 1.29 is 14.3 Å². The number of piperidine rings is 1. The SMILES string of the molecule is CCCN1Cc2cccc(NC(=O)NC3CCN(C(=O)OCC)CC3)c2C1. The fourth-order valence-corrected chi connectivity index (χ4v) is 3.85. The second-order valence-electron chi connectivity index (χ2n) is 7.21. The van der Waals surface area contributed by atoms with Crippen LogP contribution in [0, 0.1) is 0 Å². The number of hydrogen-bond donors (Lipinski definition) is 2. The molecule has 0 bridgehead atoms. The number of likely N-dealkylation sites (tertiary alicyclic amines) is 1. The van der Waals surface area contributed by atoms with Crippen molar-refractivity contribution in [3.05, 3.63) is 29.3 Å². The van der Waals surface area contributed by atoms with Gasteiger partial charge in [-0.1, -0.05) is 19.1 Å². The summed E-state index contributed by atoms with van der Waals surface area (Å²) in [5, 5.41) is 6.07. The Kier molecular flexibility index (Phi) is 6.55. The summed E-state index contributed by atoms with van der Waals surface area (Å²) in [5.41, 5.74) is 3.41. The average Bonchev–Trinajstić information content (AvgIpc) is 3.06. The zero-order chi connectivity index (χ0) is 19.2. The maximum atomic E-state index is 12.5. The summed E-state index contributed by atoms with van der Waals surface area (Å²) in [4.78, 5) is 28.3. The molecule has 2 aliphatic rings. The van der Waals surface area contributed by atoms with Gasteiger partial charge in [-0.3, -0.25) is 4.90 Å². The maximum absolute atomic E-state index is 12.5. The largest absolute Gasteiger partial charge is 0.450 e. The number of hydrogen-bond acceptors (Lipinski definition) is 4. The van der Waals surface area contributed by atoms with Crippen LogP contribution in [-0.2, 0) is 17.8 Å². The summed E-state index contributed by atoms with van der Waals surface area (Å²) in [6.07, 6.45) is 2.34. The van der Waals surface area contributed by atoms with Gasteiger partial charge in [-0.2, -0.15) is 0 Å². The number of anilines is 1. The van der Waals surface area contributed by atoms with Crippen molar-refractivity contribution in [1.82, 2.24) is 15.1 Å². The van der Waals surface area contributed by atoms with E-state index >= 15 is 0 Å². The van der Waals surface area contributed by atoms with Crippen molar-refractivity contribution in [1.29, 1.82) is 0 Å². The third-order valence-corrected chi connectivity index (χ3v) is 5.19. The Hall–Kier alpha value is -2.28. The Morgan fingerprint density at radius 2 is 1.96 bits per heavy atom. The molecule has 0 spiro atoms. The van der Waals surface area contributed by atoms with Crippen molar-refractivity contribution in [2.75, 3.05) is 31.6 Å². The van der Waals surface area contributed by atoms with E-state index in [1.54, 1.807) is 11.8 Å². The number of carbonyl (C=O) groups is 2. The summed E-state index contributed by atoms with van der Waals surface area (Å²) in [6.45, 7) is 8.49. The minimum Gasteiger partial charge on any atom is -0.450 e. The number of ether oxygens (including phenoxy) is 1. The van der Waals surface area contributed by atoms with Crippen LogP contribution in [0.25, 0.3) is 0 Å². The first-order valence-electron chi connectivity index (χ1n) is 9.93. The fraction of sp³-hybridized carbons (Fsp3) is 0.600. The molecule has 148 valence electrons. The Morgan fingerprint density at radius 1 is 1.19 bits per heavy atom. The number of amides is 3. The highest BCUT2D eigenvalue weighted by Gasteiger charge is 2.25. The highest BCUT2D eigenvalue weighted by molar-refractivity contribution is 5.90. The Bertz CT molecular complexity index is 671. The zero-order valence-corrected chi connectivity index (χ0v) is 16.3. The molecule has 0 unspecified atom stereocenters. The molecule has 7 nitrogen and oxygen atoms in total. The van der Waals surface area contributed by atoms with E-state index in [4.69, 9.17) is 4.74 Å². The molecule has 0 saturated carbocycles. The Labute approximate surface area is 161 Å². The predicted octanol–water partition coefficient (Wildman–Crippen LogP) is 3.15. The van der Waals surface area contributed by atoms with E-state index in [1.165, 1.54) is 11.1 Å². The van der Waals surface area contributed by atoms with Gasteiger partial charge in [0.15, 0.2) is 0 Å². The molecule has 1 aromatic carbocycles. The number of rotatable bonds is 5. The van der Waals surface area contributed by atoms with E-state index < -0.39 is 0 Å². The third-order valence-electron chi connectivity index (χ3n) is 5.19. The van der Waals surface area contributed by atoms with Gasteiger partial charge in [-0.25, -0.2) is 9.59 Å². The second-order valence-corrected chi connectivity index (χ2v) is 7.21. The molecule has 1 saturated heterocycles. The molecule has 1 aromatic rings. The van der Waals surface area contributed by atoms with E-state index in [0.717, 1.165) is 44.6 Å². The molecule has 0 aromatic heterocycles. The summed E-state index contributed by atoms with van der Waals surface area (Å²) in [7, 11) is 0. The molecular formula is C20H30N4O3. The van der Waals surface area contributed by atoms with Gasteiger partial charge >= 0.3 is 12.1 Å². The first-order chi connectivity index (χ1) is 13.1. The molecule has 3 rings (SSSR count). The van der Waals surface area contributed by atoms with Crippen LogP contribution in [0.15, 0.2) is 18.2 Å². The maximum Gasteiger partial charge on any atom is 0.409 e. The molecule has 0 atom stereocenters. The first-order valence-corrected chi connectivity index (χ1v) is 9.93. The molecule has 2 heterocycles. The standard InChI is InChI=1S/C20H30N4O3/c1-3-10-23-13-15-6-5-7-18(17(15)14-23)22-19(25)21-16-8-11-24(12-9-16)20(26)27-4-2/h5-7,16H,3-4,8-14H2,1-2H3,(H2,21,22,25). The smallest absolute Gasteiger partial charge is 0.409 e. The molecule has 0 aliphatic carbocycles. The quantitative estimate of drug-likeness (QED) is 0.830. The lowest BCUT2D eigenvalue weighted by Gasteiger charge is -2.31. The Balaban J connectivity index is 1.50. The molecule has 1 fully saturated rings. The number of nitrogens with one attached hydrogen (secondary N) is 2. The number of urea groups is 1. The van der Waals surface area contributed by atoms with Crippen LogP contribution in [0.5, 0.6) is 0 Å². The van der Waals surface area contributed by atoms with E-state index in [1.807, 2.05) is 12.1 Å². The van der Waals surface area contributed by atoms with Gasteiger partial charge in [0, 0.05) is 37.9 Å². The van der Waals surface area contributed by atoms with E-state index in [9.17, 15) is 9.59 Å². The Morgan fingerprint density at radius 3 is 2.67 bits per heavy atom. The fourth-order valence-electron chi connectivity index (χ4n) is 3.85. The van der Waals surface area contributed by atoms with Crippen LogP contribution in [0.3, 0.4) is 0 Å². The molecule has 0 radical (unpaired) electrons. The third kappa shape index (κ3) is 4.91. The monoisotopic (exact) mass is 374 g/mol. The topological polar surface area (TPSA) is 73.9 Å². The minimum absolute atomic E-state index is 0.0732. The van der Waals surface area contributed by atoms with Crippen molar-refractivity contribution >= 4 is 17.8 Å². The van der Waals surface area contributed by atoms with Crippen LogP contribution >= 0.6 is 0 Å². The van der Waals surface area contributed by atoms with Crippen LogP contribution < -0.4 is 10.6 Å². The molecule has 7 heteroatoms. The number of benzene rings is 1. The van der Waals surface area contributed by atoms with Crippen LogP contribution in [0.4, 0.5) is 15.3 Å². The van der Waals surface area contributed by atoms with Gasteiger partial charge in [-0.05, 0) is 49.9 Å².